The van der Waals surface area contributed by atoms with Gasteiger partial charge in [0.2, 0.25) is 11.8 Å². The molecule has 3 atom stereocenters. The van der Waals surface area contributed by atoms with Gasteiger partial charge in [0.15, 0.2) is 0 Å². The van der Waals surface area contributed by atoms with E-state index in [1.54, 1.807) is 34.1 Å². The molecule has 5 rings (SSSR count). The summed E-state index contributed by atoms with van der Waals surface area (Å²) in [7, 11) is 0. The molecular weight excluding hydrogens is 522 g/mol. The Balaban J connectivity index is 1.54. The van der Waals surface area contributed by atoms with Crippen LogP contribution < -0.4 is 5.73 Å². The summed E-state index contributed by atoms with van der Waals surface area (Å²) in [6.45, 7) is 2.24. The van der Waals surface area contributed by atoms with Crippen molar-refractivity contribution in [2.75, 3.05) is 6.54 Å². The highest BCUT2D eigenvalue weighted by atomic mass is 35.5. The largest absolute Gasteiger partial charge is 0.368 e. The minimum absolute atomic E-state index is 0.158. The van der Waals surface area contributed by atoms with Crippen molar-refractivity contribution in [3.05, 3.63) is 119 Å². The van der Waals surface area contributed by atoms with Crippen LogP contribution in [-0.2, 0) is 27.2 Å². The molecule has 0 aliphatic carbocycles. The fourth-order valence-corrected chi connectivity index (χ4v) is 5.89. The molecule has 4 aromatic carbocycles. The van der Waals surface area contributed by atoms with Crippen LogP contribution in [0.15, 0.2) is 97.1 Å². The lowest BCUT2D eigenvalue weighted by Gasteiger charge is -2.36. The number of halogens is 1. The molecule has 1 fully saturated rings. The number of nitrogens with zero attached hydrogens (tertiary/aromatic N) is 2. The molecule has 3 amide bonds. The molecule has 0 radical (unpaired) electrons. The number of fused-ring (bicyclic) bond motifs is 1. The van der Waals surface area contributed by atoms with E-state index in [1.165, 1.54) is 0 Å². The summed E-state index contributed by atoms with van der Waals surface area (Å²) in [5.41, 5.74) is 8.38. The van der Waals surface area contributed by atoms with Crippen LogP contribution in [0.25, 0.3) is 10.8 Å². The van der Waals surface area contributed by atoms with Crippen molar-refractivity contribution >= 4 is 40.1 Å². The number of primary amides is 1. The van der Waals surface area contributed by atoms with E-state index in [-0.39, 0.29) is 30.7 Å². The van der Waals surface area contributed by atoms with E-state index in [0.29, 0.717) is 23.6 Å². The van der Waals surface area contributed by atoms with Gasteiger partial charge in [-0.25, -0.2) is 0 Å². The Bertz CT molecular complexity index is 1540. The third-order valence-electron chi connectivity index (χ3n) is 7.71. The lowest BCUT2D eigenvalue weighted by molar-refractivity contribution is -0.148. The maximum atomic E-state index is 14.5. The van der Waals surface area contributed by atoms with Gasteiger partial charge in [-0.05, 0) is 52.9 Å². The van der Waals surface area contributed by atoms with Gasteiger partial charge in [-0.1, -0.05) is 96.5 Å². The average molecular weight is 554 g/mol. The number of amides is 3. The van der Waals surface area contributed by atoms with Crippen molar-refractivity contribution in [2.45, 2.75) is 44.3 Å². The van der Waals surface area contributed by atoms with Crippen molar-refractivity contribution in [1.82, 2.24) is 9.80 Å². The summed E-state index contributed by atoms with van der Waals surface area (Å²) in [6.07, 6.45) is 0.935. The van der Waals surface area contributed by atoms with Crippen molar-refractivity contribution < 1.29 is 14.4 Å². The highest BCUT2D eigenvalue weighted by Crippen LogP contribution is 2.33. The first-order valence-corrected chi connectivity index (χ1v) is 13.9. The molecule has 1 saturated heterocycles. The predicted molar refractivity (Wildman–Crippen MR) is 158 cm³/mol. The van der Waals surface area contributed by atoms with Crippen LogP contribution in [0.5, 0.6) is 0 Å². The van der Waals surface area contributed by atoms with Crippen LogP contribution in [-0.4, -0.2) is 46.1 Å². The standard InChI is InChI=1S/C33H32ClN3O3/c1-22-17-18-36(29(32(35)39)21-25-13-7-12-24-11-5-6-16-28(24)25)33(40)31(26-14-8-15-27(34)20-26)37(22)30(38)19-23-9-3-2-4-10-23/h2-16,20,22,29,31H,17-19,21H2,1H3,(H2,35,39)/t22-,29-,31+/m1/s1. The van der Waals surface area contributed by atoms with E-state index >= 15 is 0 Å². The third-order valence-corrected chi connectivity index (χ3v) is 7.94. The molecule has 0 aromatic heterocycles. The summed E-state index contributed by atoms with van der Waals surface area (Å²) >= 11 is 6.36. The molecule has 204 valence electrons. The first kappa shape index (κ1) is 27.4. The highest BCUT2D eigenvalue weighted by Gasteiger charge is 2.43. The van der Waals surface area contributed by atoms with E-state index in [1.807, 2.05) is 79.7 Å². The second-order valence-corrected chi connectivity index (χ2v) is 10.8. The maximum Gasteiger partial charge on any atom is 0.250 e. The van der Waals surface area contributed by atoms with Crippen molar-refractivity contribution in [3.8, 4) is 0 Å². The van der Waals surface area contributed by atoms with Crippen LogP contribution in [0, 0.1) is 0 Å². The van der Waals surface area contributed by atoms with Crippen molar-refractivity contribution in [2.24, 2.45) is 5.73 Å². The number of carbonyl (C=O) groups excluding carboxylic acids is 3. The van der Waals surface area contributed by atoms with Crippen LogP contribution in [0.4, 0.5) is 0 Å². The second kappa shape index (κ2) is 11.9. The number of hydrogen-bond acceptors (Lipinski definition) is 3. The minimum Gasteiger partial charge on any atom is -0.368 e. The molecule has 40 heavy (non-hydrogen) atoms. The SMILES string of the molecule is C[C@@H]1CCN([C@H](Cc2cccc3ccccc23)C(N)=O)C(=O)[C@H](c2cccc(Cl)c2)N1C(=O)Cc1ccccc1. The fourth-order valence-electron chi connectivity index (χ4n) is 5.69. The zero-order valence-electron chi connectivity index (χ0n) is 22.4. The van der Waals surface area contributed by atoms with Gasteiger partial charge < -0.3 is 15.5 Å². The third kappa shape index (κ3) is 5.73. The predicted octanol–water partition coefficient (Wildman–Crippen LogP) is 5.32. The molecule has 0 unspecified atom stereocenters. The molecule has 0 spiro atoms. The molecule has 7 heteroatoms. The minimum atomic E-state index is -0.943. The molecule has 4 aromatic rings. The lowest BCUT2D eigenvalue weighted by atomic mass is 9.96. The number of hydrogen-bond donors (Lipinski definition) is 1. The Kier molecular flexibility index (Phi) is 8.17. The lowest BCUT2D eigenvalue weighted by Crippen LogP contribution is -2.52. The van der Waals surface area contributed by atoms with Crippen LogP contribution in [0.2, 0.25) is 5.02 Å². The topological polar surface area (TPSA) is 83.7 Å². The Hall–Kier alpha value is -4.16. The van der Waals surface area contributed by atoms with Gasteiger partial charge in [-0.15, -0.1) is 0 Å². The maximum absolute atomic E-state index is 14.5. The molecule has 0 bridgehead atoms. The Morgan fingerprint density at radius 2 is 1.65 bits per heavy atom. The van der Waals surface area contributed by atoms with Crippen molar-refractivity contribution in [3.63, 3.8) is 0 Å². The monoisotopic (exact) mass is 553 g/mol. The number of carbonyl (C=O) groups is 3. The summed E-state index contributed by atoms with van der Waals surface area (Å²) in [5, 5.41) is 2.53. The Labute approximate surface area is 239 Å². The summed E-state index contributed by atoms with van der Waals surface area (Å²) in [6, 6.07) is 28.3. The van der Waals surface area contributed by atoms with Crippen LogP contribution >= 0.6 is 11.6 Å². The average Bonchev–Trinajstić information content (AvgIpc) is 3.07. The normalized spacial score (nSPS) is 18.4. The molecular formula is C33H32ClN3O3. The van der Waals surface area contributed by atoms with Gasteiger partial charge in [-0.2, -0.15) is 0 Å². The van der Waals surface area contributed by atoms with Gasteiger partial charge in [0.1, 0.15) is 12.1 Å². The summed E-state index contributed by atoms with van der Waals surface area (Å²) in [5.74, 6) is -1.08. The first-order valence-electron chi connectivity index (χ1n) is 13.5. The van der Waals surface area contributed by atoms with Crippen LogP contribution in [0.3, 0.4) is 0 Å². The molecule has 0 saturated carbocycles. The summed E-state index contributed by atoms with van der Waals surface area (Å²) < 4.78 is 0. The van der Waals surface area contributed by atoms with Gasteiger partial charge in [0, 0.05) is 24.0 Å². The van der Waals surface area contributed by atoms with E-state index in [2.05, 4.69) is 0 Å². The molecule has 1 heterocycles. The fraction of sp³-hybridized carbons (Fsp3) is 0.242. The smallest absolute Gasteiger partial charge is 0.250 e. The van der Waals surface area contributed by atoms with E-state index in [9.17, 15) is 14.4 Å². The molecule has 2 N–H and O–H groups in total. The zero-order chi connectivity index (χ0) is 28.2. The number of rotatable bonds is 7. The Morgan fingerprint density at radius 1 is 0.950 bits per heavy atom. The molecule has 1 aliphatic heterocycles. The van der Waals surface area contributed by atoms with Crippen LogP contribution in [0.1, 0.15) is 36.1 Å². The van der Waals surface area contributed by atoms with Gasteiger partial charge >= 0.3 is 0 Å². The summed E-state index contributed by atoms with van der Waals surface area (Å²) in [4.78, 5) is 44.5. The molecule has 6 nitrogen and oxygen atoms in total. The van der Waals surface area contributed by atoms with Gasteiger partial charge in [0.05, 0.1) is 6.42 Å². The number of nitrogens with two attached hydrogens (primary N) is 1. The second-order valence-electron chi connectivity index (χ2n) is 10.4. The highest BCUT2D eigenvalue weighted by molar-refractivity contribution is 6.30. The Morgan fingerprint density at radius 3 is 2.40 bits per heavy atom. The van der Waals surface area contributed by atoms with E-state index < -0.39 is 18.0 Å². The quantitative estimate of drug-likeness (QED) is 0.336. The zero-order valence-corrected chi connectivity index (χ0v) is 23.1. The number of benzene rings is 4. The van der Waals surface area contributed by atoms with Crippen molar-refractivity contribution in [1.29, 1.82) is 0 Å². The molecule has 1 aliphatic rings. The van der Waals surface area contributed by atoms with E-state index in [0.717, 1.165) is 21.9 Å². The first-order chi connectivity index (χ1) is 19.3. The van der Waals surface area contributed by atoms with Gasteiger partial charge in [0.25, 0.3) is 5.91 Å². The van der Waals surface area contributed by atoms with E-state index in [4.69, 9.17) is 17.3 Å². The van der Waals surface area contributed by atoms with Gasteiger partial charge in [-0.3, -0.25) is 14.4 Å².